The minimum Gasteiger partial charge on any atom is -0.351 e. The Morgan fingerprint density at radius 1 is 0.900 bits per heavy atom. The number of anilines is 1. The molecule has 0 fully saturated rings. The molecule has 0 radical (unpaired) electrons. The molecule has 110 valence electrons. The summed E-state index contributed by atoms with van der Waals surface area (Å²) in [7, 11) is 0. The van der Waals surface area contributed by atoms with Gasteiger partial charge in [0.25, 0.3) is 0 Å². The molecule has 20 heavy (non-hydrogen) atoms. The molecule has 0 aliphatic heterocycles. The summed E-state index contributed by atoms with van der Waals surface area (Å²) in [5.41, 5.74) is 0.321. The van der Waals surface area contributed by atoms with Gasteiger partial charge in [-0.3, -0.25) is 9.59 Å². The van der Waals surface area contributed by atoms with E-state index in [4.69, 9.17) is 0 Å². The Kier molecular flexibility index (Phi) is 4.58. The van der Waals surface area contributed by atoms with E-state index < -0.39 is 5.41 Å². The third-order valence-corrected chi connectivity index (χ3v) is 2.93. The van der Waals surface area contributed by atoms with Crippen LogP contribution in [0.15, 0.2) is 24.3 Å². The van der Waals surface area contributed by atoms with Crippen LogP contribution in [0, 0.1) is 12.3 Å². The van der Waals surface area contributed by atoms with Gasteiger partial charge in [0.2, 0.25) is 11.8 Å². The number of amides is 2. The maximum absolute atomic E-state index is 12.3. The molecule has 0 saturated carbocycles. The van der Waals surface area contributed by atoms with Crippen LogP contribution in [0.4, 0.5) is 5.69 Å². The zero-order valence-corrected chi connectivity index (χ0v) is 13.1. The minimum absolute atomic E-state index is 0.283. The molecule has 0 aliphatic carbocycles. The number of rotatable bonds is 3. The van der Waals surface area contributed by atoms with Crippen LogP contribution in [0.3, 0.4) is 0 Å². The van der Waals surface area contributed by atoms with Gasteiger partial charge in [0.05, 0.1) is 0 Å². The lowest BCUT2D eigenvalue weighted by atomic mass is 9.89. The summed E-state index contributed by atoms with van der Waals surface area (Å²) >= 11 is 0. The standard InChI is InChI=1S/C16H24N2O2/c1-11-7-9-12(10-8-11)17-13(19)16(5,6)14(20)18-15(2,3)4/h7-10H,1-6H3,(H,17,19)(H,18,20). The Labute approximate surface area is 121 Å². The van der Waals surface area contributed by atoms with Crippen LogP contribution in [-0.2, 0) is 9.59 Å². The average molecular weight is 276 g/mol. The van der Waals surface area contributed by atoms with Crippen LogP contribution < -0.4 is 10.6 Å². The molecular formula is C16H24N2O2. The fourth-order valence-electron chi connectivity index (χ4n) is 1.52. The summed E-state index contributed by atoms with van der Waals surface area (Å²) in [5, 5.41) is 5.61. The first-order valence-electron chi connectivity index (χ1n) is 6.73. The number of hydrogen-bond acceptors (Lipinski definition) is 2. The predicted octanol–water partition coefficient (Wildman–Crippen LogP) is 2.87. The van der Waals surface area contributed by atoms with Crippen LogP contribution >= 0.6 is 0 Å². The number of aryl methyl sites for hydroxylation is 1. The molecule has 0 aliphatic rings. The molecular weight excluding hydrogens is 252 g/mol. The zero-order chi connectivity index (χ0) is 15.6. The van der Waals surface area contributed by atoms with Crippen LogP contribution in [0.2, 0.25) is 0 Å². The van der Waals surface area contributed by atoms with E-state index >= 15 is 0 Å². The molecule has 1 aromatic carbocycles. The third kappa shape index (κ3) is 4.37. The largest absolute Gasteiger partial charge is 0.351 e. The van der Waals surface area contributed by atoms with Gasteiger partial charge in [-0.25, -0.2) is 0 Å². The Morgan fingerprint density at radius 2 is 1.40 bits per heavy atom. The van der Waals surface area contributed by atoms with E-state index in [2.05, 4.69) is 10.6 Å². The predicted molar refractivity (Wildman–Crippen MR) is 81.5 cm³/mol. The molecule has 0 aromatic heterocycles. The molecule has 4 heteroatoms. The highest BCUT2D eigenvalue weighted by atomic mass is 16.2. The summed E-state index contributed by atoms with van der Waals surface area (Å²) < 4.78 is 0. The molecule has 0 unspecified atom stereocenters. The van der Waals surface area contributed by atoms with Gasteiger partial charge in [-0.1, -0.05) is 17.7 Å². The van der Waals surface area contributed by atoms with Gasteiger partial charge in [-0.05, 0) is 53.7 Å². The maximum atomic E-state index is 12.3. The molecule has 2 amide bonds. The van der Waals surface area contributed by atoms with Gasteiger partial charge in [-0.2, -0.15) is 0 Å². The van der Waals surface area contributed by atoms with Crippen molar-refractivity contribution in [3.63, 3.8) is 0 Å². The highest BCUT2D eigenvalue weighted by Gasteiger charge is 2.37. The van der Waals surface area contributed by atoms with Gasteiger partial charge >= 0.3 is 0 Å². The fraction of sp³-hybridized carbons (Fsp3) is 0.500. The van der Waals surface area contributed by atoms with Crippen molar-refractivity contribution in [2.75, 3.05) is 5.32 Å². The van der Waals surface area contributed by atoms with E-state index in [1.807, 2.05) is 52.0 Å². The van der Waals surface area contributed by atoms with Crippen molar-refractivity contribution < 1.29 is 9.59 Å². The Balaban J connectivity index is 2.79. The lowest BCUT2D eigenvalue weighted by Crippen LogP contribution is -2.51. The fourth-order valence-corrected chi connectivity index (χ4v) is 1.52. The lowest BCUT2D eigenvalue weighted by Gasteiger charge is -2.28. The minimum atomic E-state index is -1.13. The average Bonchev–Trinajstić information content (AvgIpc) is 2.29. The van der Waals surface area contributed by atoms with Gasteiger partial charge < -0.3 is 10.6 Å². The van der Waals surface area contributed by atoms with E-state index in [9.17, 15) is 9.59 Å². The molecule has 1 aromatic rings. The van der Waals surface area contributed by atoms with Crippen LogP contribution in [0.1, 0.15) is 40.2 Å². The highest BCUT2D eigenvalue weighted by Crippen LogP contribution is 2.20. The van der Waals surface area contributed by atoms with Gasteiger partial charge in [0.1, 0.15) is 5.41 Å². The Bertz CT molecular complexity index is 496. The summed E-state index contributed by atoms with van der Waals surface area (Å²) in [6.45, 7) is 10.9. The summed E-state index contributed by atoms with van der Waals surface area (Å²) in [5.74, 6) is -0.599. The molecule has 0 heterocycles. The number of hydrogen-bond donors (Lipinski definition) is 2. The van der Waals surface area contributed by atoms with E-state index in [-0.39, 0.29) is 17.4 Å². The van der Waals surface area contributed by atoms with E-state index in [1.165, 1.54) is 0 Å². The summed E-state index contributed by atoms with van der Waals surface area (Å²) in [6, 6.07) is 7.48. The highest BCUT2D eigenvalue weighted by molar-refractivity contribution is 6.10. The molecule has 0 bridgehead atoms. The zero-order valence-electron chi connectivity index (χ0n) is 13.1. The van der Waals surface area contributed by atoms with Crippen molar-refractivity contribution >= 4 is 17.5 Å². The van der Waals surface area contributed by atoms with Crippen molar-refractivity contribution in [1.82, 2.24) is 5.32 Å². The molecule has 0 saturated heterocycles. The quantitative estimate of drug-likeness (QED) is 0.834. The maximum Gasteiger partial charge on any atom is 0.239 e. The van der Waals surface area contributed by atoms with E-state index in [0.717, 1.165) is 5.56 Å². The molecule has 1 rings (SSSR count). The van der Waals surface area contributed by atoms with Gasteiger partial charge in [-0.15, -0.1) is 0 Å². The van der Waals surface area contributed by atoms with Crippen molar-refractivity contribution in [2.45, 2.75) is 47.1 Å². The first-order valence-corrected chi connectivity index (χ1v) is 6.73. The second-order valence-corrected chi connectivity index (χ2v) is 6.65. The number of benzene rings is 1. The molecule has 0 spiro atoms. The summed E-state index contributed by atoms with van der Waals surface area (Å²) in [6.07, 6.45) is 0. The molecule has 2 N–H and O–H groups in total. The first kappa shape index (κ1) is 16.2. The van der Waals surface area contributed by atoms with Crippen molar-refractivity contribution in [3.8, 4) is 0 Å². The third-order valence-electron chi connectivity index (χ3n) is 2.93. The van der Waals surface area contributed by atoms with E-state index in [1.54, 1.807) is 13.8 Å². The Hall–Kier alpha value is -1.84. The number of nitrogens with one attached hydrogen (secondary N) is 2. The van der Waals surface area contributed by atoms with Gasteiger partial charge in [0, 0.05) is 11.2 Å². The Morgan fingerprint density at radius 3 is 1.85 bits per heavy atom. The second kappa shape index (κ2) is 5.65. The van der Waals surface area contributed by atoms with Crippen molar-refractivity contribution in [3.05, 3.63) is 29.8 Å². The first-order chi connectivity index (χ1) is 9.02. The smallest absolute Gasteiger partial charge is 0.239 e. The normalized spacial score (nSPS) is 11.9. The van der Waals surface area contributed by atoms with Crippen LogP contribution in [0.25, 0.3) is 0 Å². The van der Waals surface area contributed by atoms with Crippen molar-refractivity contribution in [2.24, 2.45) is 5.41 Å². The van der Waals surface area contributed by atoms with Crippen LogP contribution in [-0.4, -0.2) is 17.4 Å². The number of carbonyl (C=O) groups is 2. The lowest BCUT2D eigenvalue weighted by molar-refractivity contribution is -0.139. The van der Waals surface area contributed by atoms with Gasteiger partial charge in [0.15, 0.2) is 0 Å². The van der Waals surface area contributed by atoms with Crippen molar-refractivity contribution in [1.29, 1.82) is 0 Å². The van der Waals surface area contributed by atoms with E-state index in [0.29, 0.717) is 5.69 Å². The monoisotopic (exact) mass is 276 g/mol. The summed E-state index contributed by atoms with van der Waals surface area (Å²) in [4.78, 5) is 24.5. The molecule has 4 nitrogen and oxygen atoms in total. The SMILES string of the molecule is Cc1ccc(NC(=O)C(C)(C)C(=O)NC(C)(C)C)cc1. The molecule has 0 atom stereocenters. The number of carbonyl (C=O) groups excluding carboxylic acids is 2. The second-order valence-electron chi connectivity index (χ2n) is 6.65. The topological polar surface area (TPSA) is 58.2 Å². The van der Waals surface area contributed by atoms with Crippen LogP contribution in [0.5, 0.6) is 0 Å².